The summed E-state index contributed by atoms with van der Waals surface area (Å²) in [4.78, 5) is 15.6. The fraction of sp³-hybridized carbons (Fsp3) is 0.435. The molecule has 1 aromatic carbocycles. The van der Waals surface area contributed by atoms with E-state index < -0.39 is 56.4 Å². The Labute approximate surface area is 217 Å². The number of anilines is 1. The van der Waals surface area contributed by atoms with Gasteiger partial charge in [0.25, 0.3) is 0 Å². The molecule has 15 heteroatoms. The summed E-state index contributed by atoms with van der Waals surface area (Å²) in [6, 6.07) is 10.1. The van der Waals surface area contributed by atoms with Gasteiger partial charge in [-0.3, -0.25) is 9.32 Å². The van der Waals surface area contributed by atoms with Crippen LogP contribution in [0, 0.1) is 6.08 Å². The molecule has 13 nitrogen and oxygen atoms in total. The average Bonchev–Trinajstić information content (AvgIpc) is 3.37. The molecule has 38 heavy (non-hydrogen) atoms. The van der Waals surface area contributed by atoms with Gasteiger partial charge in [-0.15, -0.1) is 5.10 Å². The van der Waals surface area contributed by atoms with Gasteiger partial charge in [-0.1, -0.05) is 18.2 Å². The van der Waals surface area contributed by atoms with Gasteiger partial charge in [0.15, 0.2) is 5.82 Å². The van der Waals surface area contributed by atoms with Crippen LogP contribution >= 0.6 is 7.75 Å². The molecule has 206 valence electrons. The molecule has 5 N–H and O–H groups in total. The lowest BCUT2D eigenvalue weighted by Gasteiger charge is -2.26. The summed E-state index contributed by atoms with van der Waals surface area (Å²) in [5.41, 5.74) is 4.33. The fourth-order valence-electron chi connectivity index (χ4n) is 4.07. The van der Waals surface area contributed by atoms with Gasteiger partial charge in [-0.05, 0) is 45.0 Å². The number of fused-ring (bicyclic) bond motifs is 1. The molecule has 0 aliphatic carbocycles. The van der Waals surface area contributed by atoms with Crippen LogP contribution in [-0.4, -0.2) is 67.8 Å². The second-order valence-electron chi connectivity index (χ2n) is 8.85. The van der Waals surface area contributed by atoms with E-state index in [1.807, 2.05) is 0 Å². The van der Waals surface area contributed by atoms with E-state index in [0.29, 0.717) is 0 Å². The molecular weight excluding hydrogens is 524 g/mol. The number of nitrogen functional groups attached to an aromatic ring is 1. The number of hydrogen-bond acceptors (Lipinski definition) is 11. The first-order valence-electron chi connectivity index (χ1n) is 11.8. The van der Waals surface area contributed by atoms with Gasteiger partial charge >= 0.3 is 19.8 Å². The minimum Gasteiger partial charge on any atom is -0.465 e. The second-order valence-corrected chi connectivity index (χ2v) is 10.5. The van der Waals surface area contributed by atoms with Crippen LogP contribution in [0.5, 0.6) is 5.75 Å². The second kappa shape index (κ2) is 10.9. The zero-order valence-corrected chi connectivity index (χ0v) is 21.7. The molecule has 1 aliphatic heterocycles. The highest BCUT2D eigenvalue weighted by atomic mass is 31.2. The third-order valence-electron chi connectivity index (χ3n) is 5.97. The predicted octanol–water partition coefficient (Wildman–Crippen LogP) is 1.75. The van der Waals surface area contributed by atoms with Crippen molar-refractivity contribution in [2.45, 2.75) is 50.7 Å². The van der Waals surface area contributed by atoms with Gasteiger partial charge in [0.2, 0.25) is 0 Å². The Morgan fingerprint density at radius 3 is 2.74 bits per heavy atom. The molecule has 1 fully saturated rings. The van der Waals surface area contributed by atoms with E-state index in [-0.39, 0.29) is 29.4 Å². The number of para-hydroxylation sites is 1. The number of rotatable bonds is 10. The number of ether oxygens (including phenoxy) is 2. The molecular formula is C23H29FN5O8P. The maximum Gasteiger partial charge on any atom is 0.459 e. The average molecular weight is 553 g/mol. The van der Waals surface area contributed by atoms with E-state index in [1.54, 1.807) is 37.3 Å². The number of hydrogen-bond donors (Lipinski definition) is 4. The molecule has 4 rings (SSSR count). The lowest BCUT2D eigenvalue weighted by atomic mass is 9.91. The Morgan fingerprint density at radius 1 is 1.34 bits per heavy atom. The summed E-state index contributed by atoms with van der Waals surface area (Å²) >= 11 is 0. The summed E-state index contributed by atoms with van der Waals surface area (Å²) < 4.78 is 50.6. The van der Waals surface area contributed by atoms with Gasteiger partial charge in [0, 0.05) is 0 Å². The number of halogens is 1. The third kappa shape index (κ3) is 5.65. The van der Waals surface area contributed by atoms with Crippen LogP contribution in [0.2, 0.25) is 0 Å². The van der Waals surface area contributed by atoms with Crippen LogP contribution in [0.4, 0.5) is 10.2 Å². The number of aromatic nitrogens is 3. The van der Waals surface area contributed by atoms with Crippen molar-refractivity contribution in [3.8, 4) is 5.75 Å². The van der Waals surface area contributed by atoms with Crippen molar-refractivity contribution < 1.29 is 42.5 Å². The molecule has 6 atom stereocenters. The topological polar surface area (TPSA) is 180 Å². The van der Waals surface area contributed by atoms with E-state index >= 15 is 0 Å². The molecule has 1 saturated heterocycles. The predicted molar refractivity (Wildman–Crippen MR) is 131 cm³/mol. The number of carbonyl (C=O) groups excluding carboxylic acids is 1. The molecule has 3 heterocycles. The molecule has 3 aromatic rings. The van der Waals surface area contributed by atoms with Crippen molar-refractivity contribution in [1.29, 1.82) is 0 Å². The zero-order chi connectivity index (χ0) is 27.7. The van der Waals surface area contributed by atoms with Crippen molar-refractivity contribution in [3.05, 3.63) is 54.2 Å². The number of carbonyl (C=O) groups is 1. The van der Waals surface area contributed by atoms with Crippen molar-refractivity contribution in [3.63, 3.8) is 0 Å². The maximum atomic E-state index is 13.8. The molecule has 0 spiro atoms. The van der Waals surface area contributed by atoms with Gasteiger partial charge in [0.1, 0.15) is 41.2 Å². The van der Waals surface area contributed by atoms with E-state index in [2.05, 4.69) is 15.2 Å². The van der Waals surface area contributed by atoms with E-state index in [9.17, 15) is 24.0 Å². The normalized spacial score (nSPS) is 25.7. The zero-order valence-electron chi connectivity index (χ0n) is 20.9. The van der Waals surface area contributed by atoms with Crippen molar-refractivity contribution in [1.82, 2.24) is 19.7 Å². The van der Waals surface area contributed by atoms with Crippen molar-refractivity contribution in [2.75, 3.05) is 18.9 Å². The van der Waals surface area contributed by atoms with Gasteiger partial charge in [-0.2, -0.15) is 14.5 Å². The van der Waals surface area contributed by atoms with Gasteiger partial charge in [0.05, 0.1) is 18.9 Å². The minimum absolute atomic E-state index is 0.114. The lowest BCUT2D eigenvalue weighted by Crippen LogP contribution is -2.43. The Balaban J connectivity index is 1.56. The molecule has 0 amide bonds. The van der Waals surface area contributed by atoms with Crippen LogP contribution < -0.4 is 15.3 Å². The molecule has 1 aliphatic rings. The number of nitrogens with one attached hydrogen (secondary N) is 1. The highest BCUT2D eigenvalue weighted by Crippen LogP contribution is 2.47. The fourth-order valence-corrected chi connectivity index (χ4v) is 5.57. The number of aliphatic hydroxyl groups is 2. The quantitative estimate of drug-likeness (QED) is 0.211. The van der Waals surface area contributed by atoms with Crippen molar-refractivity contribution in [2.24, 2.45) is 0 Å². The largest absolute Gasteiger partial charge is 0.465 e. The molecule has 0 saturated carbocycles. The Morgan fingerprint density at radius 2 is 2.05 bits per heavy atom. The number of nitrogens with zero attached hydrogens (tertiary/aromatic N) is 3. The first-order chi connectivity index (χ1) is 17.9. The van der Waals surface area contributed by atoms with E-state index in [4.69, 9.17) is 24.3 Å². The van der Waals surface area contributed by atoms with Gasteiger partial charge < -0.3 is 29.9 Å². The van der Waals surface area contributed by atoms with E-state index in [1.165, 1.54) is 26.0 Å². The minimum atomic E-state index is -4.24. The third-order valence-corrected chi connectivity index (χ3v) is 7.62. The summed E-state index contributed by atoms with van der Waals surface area (Å²) in [6.45, 7) is 3.97. The van der Waals surface area contributed by atoms with Crippen LogP contribution in [0.3, 0.4) is 0 Å². The SMILES string of the molecule is CCOC(=O)[C@H](C)NP(=O)(OC[C@H]1OC(c2ccc3c(N)nc(F)nn23)[C@](C)(O)[C@@H]1O)Oc1ccccc1. The molecule has 0 radical (unpaired) electrons. The number of benzene rings is 1. The molecule has 0 bridgehead atoms. The Bertz CT molecular complexity index is 1340. The summed E-state index contributed by atoms with van der Waals surface area (Å²) in [6.07, 6.45) is -5.04. The molecule has 2 unspecified atom stereocenters. The summed E-state index contributed by atoms with van der Waals surface area (Å²) in [5, 5.41) is 28.2. The standard InChI is InChI=1S/C23H29FN5O8P/c1-4-34-21(31)13(2)28-38(33,37-14-8-6-5-7-9-14)35-12-17-18(30)23(3,32)19(36-17)15-10-11-16-20(25)26-22(24)27-29(15)16/h5-11,13,17-19,30,32H,4,12H2,1-3H3,(H,28,33)(H2,25,26,27)/t13-,17+,18+,19?,23+,38?/m0/s1. The molecule has 2 aromatic heterocycles. The maximum absolute atomic E-state index is 13.8. The number of esters is 1. The summed E-state index contributed by atoms with van der Waals surface area (Å²) in [5.74, 6) is -0.611. The Kier molecular flexibility index (Phi) is 8.02. The van der Waals surface area contributed by atoms with Crippen LogP contribution in [0.15, 0.2) is 42.5 Å². The number of aliphatic hydroxyl groups excluding tert-OH is 1. The summed E-state index contributed by atoms with van der Waals surface area (Å²) in [7, 11) is -4.24. The van der Waals surface area contributed by atoms with Crippen molar-refractivity contribution >= 4 is 25.1 Å². The van der Waals surface area contributed by atoms with Gasteiger partial charge in [-0.25, -0.2) is 9.08 Å². The van der Waals surface area contributed by atoms with Crippen LogP contribution in [0.1, 0.15) is 32.6 Å². The first kappa shape index (κ1) is 27.9. The highest BCUT2D eigenvalue weighted by molar-refractivity contribution is 7.52. The van der Waals surface area contributed by atoms with Crippen LogP contribution in [-0.2, 0) is 23.4 Å². The first-order valence-corrected chi connectivity index (χ1v) is 13.3. The smallest absolute Gasteiger partial charge is 0.459 e. The Hall–Kier alpha value is -3.13. The monoisotopic (exact) mass is 553 g/mol. The van der Waals surface area contributed by atoms with Crippen LogP contribution in [0.25, 0.3) is 5.52 Å². The number of nitrogens with two attached hydrogens (primary N) is 1. The lowest BCUT2D eigenvalue weighted by molar-refractivity contribution is -0.144. The highest BCUT2D eigenvalue weighted by Gasteiger charge is 2.54. The van der Waals surface area contributed by atoms with E-state index in [0.717, 1.165) is 4.52 Å².